The topological polar surface area (TPSA) is 15.3 Å². The maximum atomic E-state index is 13.5. The van der Waals surface area contributed by atoms with Crippen LogP contribution in [0.1, 0.15) is 36.4 Å². The van der Waals surface area contributed by atoms with Gasteiger partial charge < -0.3 is 5.32 Å². The molecule has 1 saturated carbocycles. The molecule has 3 rings (SSSR count). The van der Waals surface area contributed by atoms with Crippen LogP contribution in [-0.2, 0) is 6.18 Å². The Balaban J connectivity index is 1.93. The lowest BCUT2D eigenvalue weighted by Gasteiger charge is -2.43. The molecule has 0 amide bonds. The third-order valence-electron chi connectivity index (χ3n) is 4.78. The molecule has 122 valence electrons. The highest BCUT2D eigenvalue weighted by molar-refractivity contribution is 5.30. The lowest BCUT2D eigenvalue weighted by molar-refractivity contribution is -0.140. The second kappa shape index (κ2) is 6.16. The lowest BCUT2D eigenvalue weighted by atomic mass is 9.76. The molecule has 2 nitrogen and oxygen atoms in total. The molecule has 1 aliphatic heterocycles. The fourth-order valence-electron chi connectivity index (χ4n) is 3.44. The van der Waals surface area contributed by atoms with Crippen LogP contribution in [-0.4, -0.2) is 31.1 Å². The number of alkyl halides is 3. The van der Waals surface area contributed by atoms with Gasteiger partial charge in [-0.3, -0.25) is 4.90 Å². The highest BCUT2D eigenvalue weighted by Crippen LogP contribution is 2.43. The Bertz CT molecular complexity index is 519. The Morgan fingerprint density at radius 3 is 2.36 bits per heavy atom. The van der Waals surface area contributed by atoms with Gasteiger partial charge in [0, 0.05) is 32.2 Å². The molecule has 1 saturated heterocycles. The van der Waals surface area contributed by atoms with Crippen molar-refractivity contribution in [2.45, 2.75) is 31.5 Å². The summed E-state index contributed by atoms with van der Waals surface area (Å²) in [5, 5.41) is 3.26. The van der Waals surface area contributed by atoms with Crippen molar-refractivity contribution in [3.8, 4) is 0 Å². The Morgan fingerprint density at radius 2 is 1.82 bits per heavy atom. The number of hydrogen-bond donors (Lipinski definition) is 1. The van der Waals surface area contributed by atoms with Gasteiger partial charge in [-0.2, -0.15) is 13.2 Å². The van der Waals surface area contributed by atoms with Crippen molar-refractivity contribution in [1.29, 1.82) is 0 Å². The van der Waals surface area contributed by atoms with Crippen molar-refractivity contribution in [3.05, 3.63) is 35.1 Å². The quantitative estimate of drug-likeness (QED) is 0.857. The second-order valence-electron chi connectivity index (χ2n) is 6.16. The van der Waals surface area contributed by atoms with Gasteiger partial charge in [-0.15, -0.1) is 0 Å². The number of nitrogens with one attached hydrogen (secondary N) is 1. The number of benzene rings is 1. The average molecular weight is 316 g/mol. The number of nitrogens with zero attached hydrogens (tertiary/aromatic N) is 1. The molecule has 22 heavy (non-hydrogen) atoms. The third kappa shape index (κ3) is 3.13. The Labute approximate surface area is 127 Å². The van der Waals surface area contributed by atoms with E-state index in [0.717, 1.165) is 57.6 Å². The minimum absolute atomic E-state index is 0.0300. The zero-order chi connectivity index (χ0) is 15.7. The van der Waals surface area contributed by atoms with Gasteiger partial charge in [0.05, 0.1) is 5.56 Å². The largest absolute Gasteiger partial charge is 0.419 e. The van der Waals surface area contributed by atoms with Gasteiger partial charge in [0.2, 0.25) is 0 Å². The predicted octanol–water partition coefficient (Wildman–Crippen LogP) is 3.59. The van der Waals surface area contributed by atoms with Crippen LogP contribution in [0.4, 0.5) is 17.6 Å². The first-order chi connectivity index (χ1) is 10.5. The molecule has 1 aromatic rings. The molecular weight excluding hydrogens is 296 g/mol. The maximum absolute atomic E-state index is 13.5. The van der Waals surface area contributed by atoms with Gasteiger partial charge in [-0.05, 0) is 36.5 Å². The summed E-state index contributed by atoms with van der Waals surface area (Å²) in [5.74, 6) is -0.812. The lowest BCUT2D eigenvalue weighted by Crippen LogP contribution is -2.47. The maximum Gasteiger partial charge on any atom is 0.419 e. The first-order valence-corrected chi connectivity index (χ1v) is 7.78. The number of hydrogen-bond acceptors (Lipinski definition) is 2. The van der Waals surface area contributed by atoms with E-state index < -0.39 is 17.6 Å². The van der Waals surface area contributed by atoms with E-state index in [1.165, 1.54) is 6.07 Å². The second-order valence-corrected chi connectivity index (χ2v) is 6.16. The number of rotatable bonds is 3. The summed E-state index contributed by atoms with van der Waals surface area (Å²) < 4.78 is 52.4. The smallest absolute Gasteiger partial charge is 0.314 e. The van der Waals surface area contributed by atoms with Crippen LogP contribution < -0.4 is 5.32 Å². The summed E-state index contributed by atoms with van der Waals surface area (Å²) in [6, 6.07) is 3.47. The summed E-state index contributed by atoms with van der Waals surface area (Å²) in [5.41, 5.74) is -0.551. The molecule has 0 radical (unpaired) electrons. The van der Waals surface area contributed by atoms with Crippen molar-refractivity contribution in [2.75, 3.05) is 26.2 Å². The Hall–Kier alpha value is -1.14. The van der Waals surface area contributed by atoms with E-state index in [-0.39, 0.29) is 6.04 Å². The van der Waals surface area contributed by atoms with Crippen LogP contribution in [0, 0.1) is 11.7 Å². The molecule has 0 spiro atoms. The standard InChI is InChI=1S/C16H20F4N2/c17-14-5-4-12(10-13(14)16(18,19)20)15(11-2-1-3-11)22-8-6-21-7-9-22/h4-5,10-11,15,21H,1-3,6-9H2/t15-/m1/s1. The normalized spacial score (nSPS) is 22.4. The zero-order valence-electron chi connectivity index (χ0n) is 12.3. The van der Waals surface area contributed by atoms with Crippen LogP contribution >= 0.6 is 0 Å². The molecule has 0 bridgehead atoms. The van der Waals surface area contributed by atoms with E-state index in [1.807, 2.05) is 0 Å². The summed E-state index contributed by atoms with van der Waals surface area (Å²) in [4.78, 5) is 2.24. The molecule has 0 unspecified atom stereocenters. The van der Waals surface area contributed by atoms with Crippen LogP contribution in [0.5, 0.6) is 0 Å². The van der Waals surface area contributed by atoms with Crippen molar-refractivity contribution in [3.63, 3.8) is 0 Å². The van der Waals surface area contributed by atoms with Gasteiger partial charge in [-0.1, -0.05) is 12.5 Å². The van der Waals surface area contributed by atoms with E-state index in [2.05, 4.69) is 10.2 Å². The molecule has 1 aromatic carbocycles. The summed E-state index contributed by atoms with van der Waals surface area (Å²) in [6.07, 6.45) is -1.45. The third-order valence-corrected chi connectivity index (χ3v) is 4.78. The van der Waals surface area contributed by atoms with Crippen LogP contribution in [0.2, 0.25) is 0 Å². The van der Waals surface area contributed by atoms with Crippen LogP contribution in [0.3, 0.4) is 0 Å². The van der Waals surface area contributed by atoms with Gasteiger partial charge >= 0.3 is 6.18 Å². The molecule has 1 aliphatic carbocycles. The highest BCUT2D eigenvalue weighted by Gasteiger charge is 2.38. The molecule has 2 aliphatic rings. The SMILES string of the molecule is Fc1ccc([C@@H](C2CCC2)N2CCNCC2)cc1C(F)(F)F. The first kappa shape index (κ1) is 15.7. The fraction of sp³-hybridized carbons (Fsp3) is 0.625. The van der Waals surface area contributed by atoms with E-state index in [0.29, 0.717) is 11.5 Å². The Morgan fingerprint density at radius 1 is 1.14 bits per heavy atom. The van der Waals surface area contributed by atoms with Crippen LogP contribution in [0.15, 0.2) is 18.2 Å². The van der Waals surface area contributed by atoms with E-state index >= 15 is 0 Å². The van der Waals surface area contributed by atoms with Crippen molar-refractivity contribution in [2.24, 2.45) is 5.92 Å². The fourth-order valence-corrected chi connectivity index (χ4v) is 3.44. The number of halogens is 4. The molecule has 0 aromatic heterocycles. The Kier molecular flexibility index (Phi) is 4.41. The summed E-state index contributed by atoms with van der Waals surface area (Å²) >= 11 is 0. The molecule has 1 heterocycles. The molecular formula is C16H20F4N2. The van der Waals surface area contributed by atoms with Crippen molar-refractivity contribution >= 4 is 0 Å². The van der Waals surface area contributed by atoms with Gasteiger partial charge in [0.15, 0.2) is 0 Å². The molecule has 1 N–H and O–H groups in total. The van der Waals surface area contributed by atoms with Crippen molar-refractivity contribution < 1.29 is 17.6 Å². The molecule has 1 atom stereocenters. The summed E-state index contributed by atoms with van der Waals surface area (Å²) in [7, 11) is 0. The molecule has 2 fully saturated rings. The summed E-state index contributed by atoms with van der Waals surface area (Å²) in [6.45, 7) is 3.33. The first-order valence-electron chi connectivity index (χ1n) is 7.78. The minimum atomic E-state index is -4.65. The van der Waals surface area contributed by atoms with E-state index in [9.17, 15) is 17.6 Å². The van der Waals surface area contributed by atoms with Gasteiger partial charge in [-0.25, -0.2) is 4.39 Å². The molecule has 6 heteroatoms. The van der Waals surface area contributed by atoms with E-state index in [4.69, 9.17) is 0 Å². The minimum Gasteiger partial charge on any atom is -0.314 e. The average Bonchev–Trinajstić information content (AvgIpc) is 2.43. The zero-order valence-corrected chi connectivity index (χ0v) is 12.3. The van der Waals surface area contributed by atoms with Gasteiger partial charge in [0.1, 0.15) is 5.82 Å². The highest BCUT2D eigenvalue weighted by atomic mass is 19.4. The van der Waals surface area contributed by atoms with Crippen LogP contribution in [0.25, 0.3) is 0 Å². The van der Waals surface area contributed by atoms with Crippen molar-refractivity contribution in [1.82, 2.24) is 10.2 Å². The predicted molar refractivity (Wildman–Crippen MR) is 75.9 cm³/mol. The number of piperazine rings is 1. The van der Waals surface area contributed by atoms with E-state index in [1.54, 1.807) is 0 Å². The monoisotopic (exact) mass is 316 g/mol. The van der Waals surface area contributed by atoms with Gasteiger partial charge in [0.25, 0.3) is 0 Å².